The van der Waals surface area contributed by atoms with Crippen molar-refractivity contribution in [1.29, 1.82) is 0 Å². The number of nitrogens with zero attached hydrogens (tertiary/aromatic N) is 4. The number of hydrogen-bond donors (Lipinski definition) is 1. The van der Waals surface area contributed by atoms with E-state index in [4.69, 9.17) is 4.74 Å². The highest BCUT2D eigenvalue weighted by Crippen LogP contribution is 2.50. The molecule has 1 N–H and O–H groups in total. The van der Waals surface area contributed by atoms with Gasteiger partial charge in [0.05, 0.1) is 5.70 Å². The van der Waals surface area contributed by atoms with E-state index in [1.807, 2.05) is 47.3 Å². The van der Waals surface area contributed by atoms with Crippen molar-refractivity contribution in [2.45, 2.75) is 12.1 Å². The molecule has 2 aromatic carbocycles. The summed E-state index contributed by atoms with van der Waals surface area (Å²) in [5, 5.41) is 7.91. The number of pyridine rings is 1. The minimum Gasteiger partial charge on any atom is -0.480 e. The van der Waals surface area contributed by atoms with Crippen LogP contribution in [-0.2, 0) is 0 Å². The molecule has 146 valence electrons. The average molecular weight is 397 g/mol. The molecule has 2 aliphatic heterocycles. The number of halogens is 1. The maximum Gasteiger partial charge on any atom is 0.226 e. The van der Waals surface area contributed by atoms with Crippen LogP contribution in [0.25, 0.3) is 5.70 Å². The van der Waals surface area contributed by atoms with Crippen LogP contribution >= 0.6 is 0 Å². The molecular weight excluding hydrogens is 381 g/mol. The van der Waals surface area contributed by atoms with Crippen LogP contribution in [0.4, 0.5) is 10.3 Å². The molecule has 2 aliphatic rings. The first-order valence-corrected chi connectivity index (χ1v) is 9.61. The van der Waals surface area contributed by atoms with Crippen LogP contribution in [0, 0.1) is 5.82 Å². The molecular formula is C23H16FN5O. The topological polar surface area (TPSA) is 64.9 Å². The molecule has 6 rings (SSSR count). The molecule has 0 aliphatic carbocycles. The van der Waals surface area contributed by atoms with Crippen molar-refractivity contribution in [1.82, 2.24) is 19.7 Å². The van der Waals surface area contributed by atoms with Crippen LogP contribution in [-0.4, -0.2) is 19.7 Å². The summed E-state index contributed by atoms with van der Waals surface area (Å²) in [5.74, 6) is 1.13. The monoisotopic (exact) mass is 397 g/mol. The molecule has 0 saturated carbocycles. The highest BCUT2D eigenvalue weighted by molar-refractivity contribution is 5.85. The van der Waals surface area contributed by atoms with Gasteiger partial charge in [-0.2, -0.15) is 10.1 Å². The van der Waals surface area contributed by atoms with Gasteiger partial charge in [-0.25, -0.2) is 9.07 Å². The van der Waals surface area contributed by atoms with E-state index < -0.39 is 6.10 Å². The summed E-state index contributed by atoms with van der Waals surface area (Å²) in [5.41, 5.74) is 4.69. The van der Waals surface area contributed by atoms with Crippen molar-refractivity contribution in [3.63, 3.8) is 0 Å². The fourth-order valence-corrected chi connectivity index (χ4v) is 4.19. The van der Waals surface area contributed by atoms with Crippen molar-refractivity contribution in [2.75, 3.05) is 5.32 Å². The van der Waals surface area contributed by atoms with Gasteiger partial charge < -0.3 is 10.1 Å². The zero-order valence-electron chi connectivity index (χ0n) is 15.7. The molecule has 0 fully saturated rings. The number of fused-ring (bicyclic) bond motifs is 3. The number of benzene rings is 2. The largest absolute Gasteiger partial charge is 0.480 e. The van der Waals surface area contributed by atoms with E-state index in [-0.39, 0.29) is 11.9 Å². The Morgan fingerprint density at radius 2 is 1.83 bits per heavy atom. The second-order valence-electron chi connectivity index (χ2n) is 7.22. The van der Waals surface area contributed by atoms with Crippen molar-refractivity contribution in [2.24, 2.45) is 0 Å². The Labute approximate surface area is 171 Å². The zero-order valence-corrected chi connectivity index (χ0v) is 15.7. The zero-order chi connectivity index (χ0) is 20.1. The Bertz CT molecular complexity index is 1270. The van der Waals surface area contributed by atoms with Gasteiger partial charge in [0.25, 0.3) is 0 Å². The number of rotatable bonds is 2. The molecule has 7 heteroatoms. The first kappa shape index (κ1) is 16.9. The highest BCUT2D eigenvalue weighted by Gasteiger charge is 2.40. The van der Waals surface area contributed by atoms with E-state index in [1.54, 1.807) is 18.3 Å². The SMILES string of the molecule is Fc1ccc(C2Oc3ccccc3C3=C2C(c2cccnc2)n2ncnc2N3)cc1. The second kappa shape index (κ2) is 6.52. The number of hydrogen-bond acceptors (Lipinski definition) is 5. The fraction of sp³-hybridized carbons (Fsp3) is 0.0870. The lowest BCUT2D eigenvalue weighted by molar-refractivity contribution is 0.223. The van der Waals surface area contributed by atoms with Crippen LogP contribution < -0.4 is 10.1 Å². The van der Waals surface area contributed by atoms with Gasteiger partial charge in [-0.1, -0.05) is 30.3 Å². The summed E-state index contributed by atoms with van der Waals surface area (Å²) < 4.78 is 21.9. The summed E-state index contributed by atoms with van der Waals surface area (Å²) in [6, 6.07) is 18.0. The van der Waals surface area contributed by atoms with E-state index in [9.17, 15) is 4.39 Å². The molecule has 6 nitrogen and oxygen atoms in total. The Balaban J connectivity index is 1.63. The van der Waals surface area contributed by atoms with Gasteiger partial charge in [-0.15, -0.1) is 0 Å². The standard InChI is InChI=1S/C23H16FN5O/c24-16-9-7-14(8-10-16)22-19-20(17-5-1-2-6-18(17)30-22)28-23-26-13-27-29(23)21(19)15-4-3-11-25-12-15/h1-13,21-22H,(H,26,27,28). The number of aromatic nitrogens is 4. The summed E-state index contributed by atoms with van der Waals surface area (Å²) in [7, 11) is 0. The maximum atomic E-state index is 13.6. The fourth-order valence-electron chi connectivity index (χ4n) is 4.19. The smallest absolute Gasteiger partial charge is 0.226 e. The first-order valence-electron chi connectivity index (χ1n) is 9.61. The van der Waals surface area contributed by atoms with Crippen molar-refractivity contribution < 1.29 is 9.13 Å². The number of nitrogens with one attached hydrogen (secondary N) is 1. The average Bonchev–Trinajstić information content (AvgIpc) is 3.26. The van der Waals surface area contributed by atoms with Gasteiger partial charge in [0, 0.05) is 23.5 Å². The summed E-state index contributed by atoms with van der Waals surface area (Å²) in [6.45, 7) is 0. The lowest BCUT2D eigenvalue weighted by Gasteiger charge is -2.38. The van der Waals surface area contributed by atoms with E-state index in [2.05, 4.69) is 20.4 Å². The maximum absolute atomic E-state index is 13.6. The van der Waals surface area contributed by atoms with Crippen molar-refractivity contribution >= 4 is 11.6 Å². The third-order valence-electron chi connectivity index (χ3n) is 5.49. The van der Waals surface area contributed by atoms with Crippen LogP contribution in [0.1, 0.15) is 28.8 Å². The molecule has 2 aromatic heterocycles. The molecule has 0 saturated heterocycles. The number of para-hydroxylation sites is 1. The highest BCUT2D eigenvalue weighted by atomic mass is 19.1. The normalized spacial score (nSPS) is 19.2. The summed E-state index contributed by atoms with van der Waals surface area (Å²) >= 11 is 0. The molecule has 2 unspecified atom stereocenters. The van der Waals surface area contributed by atoms with E-state index in [1.165, 1.54) is 18.5 Å². The molecule has 0 spiro atoms. The predicted molar refractivity (Wildman–Crippen MR) is 109 cm³/mol. The second-order valence-corrected chi connectivity index (χ2v) is 7.22. The van der Waals surface area contributed by atoms with Crippen LogP contribution in [0.2, 0.25) is 0 Å². The Hall–Kier alpha value is -4.00. The Kier molecular flexibility index (Phi) is 3.67. The van der Waals surface area contributed by atoms with Gasteiger partial charge in [-0.05, 0) is 41.5 Å². The molecule has 30 heavy (non-hydrogen) atoms. The molecule has 0 radical (unpaired) electrons. The van der Waals surface area contributed by atoms with E-state index in [0.29, 0.717) is 5.95 Å². The van der Waals surface area contributed by atoms with Gasteiger partial charge >= 0.3 is 0 Å². The Morgan fingerprint density at radius 1 is 0.967 bits per heavy atom. The lowest BCUT2D eigenvalue weighted by atomic mass is 9.85. The van der Waals surface area contributed by atoms with Crippen LogP contribution in [0.15, 0.2) is 85.0 Å². The third-order valence-corrected chi connectivity index (χ3v) is 5.49. The molecule has 0 bridgehead atoms. The third kappa shape index (κ3) is 2.52. The quantitative estimate of drug-likeness (QED) is 0.544. The van der Waals surface area contributed by atoms with Crippen molar-refractivity contribution in [3.05, 3.63) is 107 Å². The number of ether oxygens (including phenoxy) is 1. The molecule has 4 aromatic rings. The van der Waals surface area contributed by atoms with Gasteiger partial charge in [0.2, 0.25) is 5.95 Å². The molecule has 2 atom stereocenters. The van der Waals surface area contributed by atoms with E-state index in [0.717, 1.165) is 33.7 Å². The molecule has 0 amide bonds. The lowest BCUT2D eigenvalue weighted by Crippen LogP contribution is -2.32. The van der Waals surface area contributed by atoms with Gasteiger partial charge in [0.1, 0.15) is 30.0 Å². The first-order chi connectivity index (χ1) is 14.8. The van der Waals surface area contributed by atoms with Gasteiger partial charge in [0.15, 0.2) is 0 Å². The summed E-state index contributed by atoms with van der Waals surface area (Å²) in [6.07, 6.45) is 4.68. The molecule has 4 heterocycles. The van der Waals surface area contributed by atoms with Crippen LogP contribution in [0.5, 0.6) is 5.75 Å². The van der Waals surface area contributed by atoms with Gasteiger partial charge in [-0.3, -0.25) is 4.98 Å². The van der Waals surface area contributed by atoms with E-state index >= 15 is 0 Å². The Morgan fingerprint density at radius 3 is 2.67 bits per heavy atom. The predicted octanol–water partition coefficient (Wildman–Crippen LogP) is 4.37. The minimum atomic E-state index is -0.425. The summed E-state index contributed by atoms with van der Waals surface area (Å²) in [4.78, 5) is 8.72. The number of anilines is 1. The van der Waals surface area contributed by atoms with Crippen LogP contribution in [0.3, 0.4) is 0 Å². The van der Waals surface area contributed by atoms with Crippen molar-refractivity contribution in [3.8, 4) is 5.75 Å². The minimum absolute atomic E-state index is 0.268.